The summed E-state index contributed by atoms with van der Waals surface area (Å²) in [6.45, 7) is 1.37. The summed E-state index contributed by atoms with van der Waals surface area (Å²) in [5, 5.41) is 0. The van der Waals surface area contributed by atoms with Crippen molar-refractivity contribution in [1.29, 1.82) is 0 Å². The molecule has 0 N–H and O–H groups in total. The summed E-state index contributed by atoms with van der Waals surface area (Å²) < 4.78 is 16.1. The van der Waals surface area contributed by atoms with Crippen molar-refractivity contribution < 1.29 is 23.8 Å². The van der Waals surface area contributed by atoms with E-state index < -0.39 is 12.1 Å². The number of amides is 1. The van der Waals surface area contributed by atoms with Crippen LogP contribution in [0.4, 0.5) is 0 Å². The van der Waals surface area contributed by atoms with Crippen molar-refractivity contribution in [2.75, 3.05) is 27.3 Å². The van der Waals surface area contributed by atoms with Crippen molar-refractivity contribution in [2.24, 2.45) is 0 Å². The van der Waals surface area contributed by atoms with Gasteiger partial charge in [0, 0.05) is 24.7 Å². The summed E-state index contributed by atoms with van der Waals surface area (Å²) in [7, 11) is 3.01. The number of carbonyl (C=O) groups is 2. The maximum Gasteiger partial charge on any atom is 0.339 e. The average molecular weight is 369 g/mol. The molecule has 0 aliphatic carbocycles. The second-order valence-corrected chi connectivity index (χ2v) is 6.33. The third-order valence-corrected chi connectivity index (χ3v) is 4.56. The van der Waals surface area contributed by atoms with Gasteiger partial charge in [-0.2, -0.15) is 0 Å². The van der Waals surface area contributed by atoms with Crippen LogP contribution in [0.1, 0.15) is 34.9 Å². The van der Waals surface area contributed by atoms with Crippen LogP contribution in [0, 0.1) is 0 Å². The fraction of sp³-hybridized carbons (Fsp3) is 0.333. The van der Waals surface area contributed by atoms with E-state index >= 15 is 0 Å². The van der Waals surface area contributed by atoms with Crippen LogP contribution in [0.2, 0.25) is 0 Å². The molecule has 6 nitrogen and oxygen atoms in total. The number of ether oxygens (including phenoxy) is 3. The molecule has 0 saturated carbocycles. The second-order valence-electron chi connectivity index (χ2n) is 6.33. The van der Waals surface area contributed by atoms with Gasteiger partial charge in [-0.3, -0.25) is 4.79 Å². The molecule has 3 rings (SSSR count). The SMILES string of the molecule is COc1cc(OC)cc(C(=O)O[C@H](C(=O)N2CCCC2)c2ccccc2)c1. The topological polar surface area (TPSA) is 65.1 Å². The highest BCUT2D eigenvalue weighted by Crippen LogP contribution is 2.27. The van der Waals surface area contributed by atoms with Gasteiger partial charge in [0.15, 0.2) is 0 Å². The molecular formula is C21H23NO5. The van der Waals surface area contributed by atoms with E-state index in [0.29, 0.717) is 30.2 Å². The fourth-order valence-electron chi connectivity index (χ4n) is 3.09. The van der Waals surface area contributed by atoms with Crippen LogP contribution in [0.3, 0.4) is 0 Å². The first-order valence-corrected chi connectivity index (χ1v) is 8.90. The number of likely N-dealkylation sites (tertiary alicyclic amines) is 1. The molecule has 2 aromatic rings. The number of carbonyl (C=O) groups excluding carboxylic acids is 2. The Labute approximate surface area is 158 Å². The minimum atomic E-state index is -0.978. The van der Waals surface area contributed by atoms with Crippen LogP contribution >= 0.6 is 0 Å². The third-order valence-electron chi connectivity index (χ3n) is 4.56. The van der Waals surface area contributed by atoms with Gasteiger partial charge >= 0.3 is 5.97 Å². The summed E-state index contributed by atoms with van der Waals surface area (Å²) >= 11 is 0. The number of rotatable bonds is 6. The maximum atomic E-state index is 13.0. The summed E-state index contributed by atoms with van der Waals surface area (Å²) in [6.07, 6.45) is 0.955. The molecule has 1 atom stereocenters. The Morgan fingerprint density at radius 2 is 1.52 bits per heavy atom. The number of nitrogens with zero attached hydrogens (tertiary/aromatic N) is 1. The number of esters is 1. The van der Waals surface area contributed by atoms with E-state index in [1.807, 2.05) is 18.2 Å². The lowest BCUT2D eigenvalue weighted by Crippen LogP contribution is -2.34. The molecule has 1 amide bonds. The molecule has 1 saturated heterocycles. The Morgan fingerprint density at radius 1 is 0.926 bits per heavy atom. The van der Waals surface area contributed by atoms with Gasteiger partial charge in [-0.25, -0.2) is 4.79 Å². The van der Waals surface area contributed by atoms with Crippen LogP contribution in [-0.4, -0.2) is 44.1 Å². The first kappa shape index (κ1) is 18.8. The van der Waals surface area contributed by atoms with Crippen molar-refractivity contribution in [3.63, 3.8) is 0 Å². The fourth-order valence-corrected chi connectivity index (χ4v) is 3.09. The van der Waals surface area contributed by atoms with Crippen LogP contribution in [0.5, 0.6) is 11.5 Å². The number of methoxy groups -OCH3 is 2. The Kier molecular flexibility index (Phi) is 5.96. The molecule has 1 fully saturated rings. The van der Waals surface area contributed by atoms with Gasteiger partial charge in [-0.1, -0.05) is 30.3 Å². The zero-order valence-corrected chi connectivity index (χ0v) is 15.5. The van der Waals surface area contributed by atoms with Crippen LogP contribution in [0.25, 0.3) is 0 Å². The Balaban J connectivity index is 1.87. The maximum absolute atomic E-state index is 13.0. The van der Waals surface area contributed by atoms with Gasteiger partial charge < -0.3 is 19.1 Å². The lowest BCUT2D eigenvalue weighted by Gasteiger charge is -2.23. The average Bonchev–Trinajstić information content (AvgIpc) is 3.26. The van der Waals surface area contributed by atoms with Crippen molar-refractivity contribution in [2.45, 2.75) is 18.9 Å². The van der Waals surface area contributed by atoms with E-state index in [1.165, 1.54) is 14.2 Å². The van der Waals surface area contributed by atoms with E-state index in [2.05, 4.69) is 0 Å². The first-order chi connectivity index (χ1) is 13.1. The zero-order chi connectivity index (χ0) is 19.2. The summed E-state index contributed by atoms with van der Waals surface area (Å²) in [6, 6.07) is 13.9. The number of benzene rings is 2. The third kappa shape index (κ3) is 4.39. The van der Waals surface area contributed by atoms with Crippen molar-refractivity contribution in [1.82, 2.24) is 4.90 Å². The Hall–Kier alpha value is -3.02. The van der Waals surface area contributed by atoms with Gasteiger partial charge in [-0.15, -0.1) is 0 Å². The standard InChI is InChI=1S/C21H23NO5/c1-25-17-12-16(13-18(14-17)26-2)21(24)27-19(15-8-4-3-5-9-15)20(23)22-10-6-7-11-22/h3-5,8-9,12-14,19H,6-7,10-11H2,1-2H3/t19-/m0/s1. The minimum absolute atomic E-state index is 0.193. The van der Waals surface area contributed by atoms with Crippen LogP contribution in [0.15, 0.2) is 48.5 Å². The van der Waals surface area contributed by atoms with E-state index in [4.69, 9.17) is 14.2 Å². The molecule has 27 heavy (non-hydrogen) atoms. The molecule has 0 aromatic heterocycles. The minimum Gasteiger partial charge on any atom is -0.497 e. The highest BCUT2D eigenvalue weighted by atomic mass is 16.5. The van der Waals surface area contributed by atoms with Gasteiger partial charge in [0.2, 0.25) is 6.10 Å². The lowest BCUT2D eigenvalue weighted by molar-refractivity contribution is -0.140. The molecule has 1 heterocycles. The molecule has 0 unspecified atom stereocenters. The summed E-state index contributed by atoms with van der Waals surface area (Å²) in [5.41, 5.74) is 0.916. The summed E-state index contributed by atoms with van der Waals surface area (Å²) in [4.78, 5) is 27.5. The molecule has 1 aliphatic heterocycles. The van der Waals surface area contributed by atoms with Gasteiger partial charge in [0.1, 0.15) is 11.5 Å². The molecule has 6 heteroatoms. The molecule has 0 spiro atoms. The predicted molar refractivity (Wildman–Crippen MR) is 100.0 cm³/mol. The van der Waals surface area contributed by atoms with Crippen molar-refractivity contribution in [3.05, 3.63) is 59.7 Å². The highest BCUT2D eigenvalue weighted by Gasteiger charge is 2.31. The van der Waals surface area contributed by atoms with Crippen LogP contribution < -0.4 is 9.47 Å². The van der Waals surface area contributed by atoms with Gasteiger partial charge in [0.25, 0.3) is 5.91 Å². The van der Waals surface area contributed by atoms with E-state index in [-0.39, 0.29) is 11.5 Å². The Bertz CT molecular complexity index is 777. The van der Waals surface area contributed by atoms with Crippen LogP contribution in [-0.2, 0) is 9.53 Å². The van der Waals surface area contributed by atoms with Gasteiger partial charge in [0.05, 0.1) is 19.8 Å². The number of hydrogen-bond acceptors (Lipinski definition) is 5. The largest absolute Gasteiger partial charge is 0.497 e. The number of hydrogen-bond donors (Lipinski definition) is 0. The quantitative estimate of drug-likeness (QED) is 0.732. The highest BCUT2D eigenvalue weighted by molar-refractivity contribution is 5.93. The van der Waals surface area contributed by atoms with E-state index in [0.717, 1.165) is 12.8 Å². The second kappa shape index (κ2) is 8.58. The molecular weight excluding hydrogens is 346 g/mol. The van der Waals surface area contributed by atoms with Gasteiger partial charge in [-0.05, 0) is 25.0 Å². The van der Waals surface area contributed by atoms with E-state index in [9.17, 15) is 9.59 Å². The molecule has 0 bridgehead atoms. The van der Waals surface area contributed by atoms with E-state index in [1.54, 1.807) is 35.2 Å². The van der Waals surface area contributed by atoms with Crippen molar-refractivity contribution >= 4 is 11.9 Å². The van der Waals surface area contributed by atoms with Crippen molar-refractivity contribution in [3.8, 4) is 11.5 Å². The Morgan fingerprint density at radius 3 is 2.07 bits per heavy atom. The smallest absolute Gasteiger partial charge is 0.339 e. The molecule has 1 aliphatic rings. The lowest BCUT2D eigenvalue weighted by atomic mass is 10.1. The monoisotopic (exact) mass is 369 g/mol. The predicted octanol–water partition coefficient (Wildman–Crippen LogP) is 3.22. The molecule has 2 aromatic carbocycles. The first-order valence-electron chi connectivity index (χ1n) is 8.90. The zero-order valence-electron chi connectivity index (χ0n) is 15.5. The molecule has 142 valence electrons. The normalized spacial score (nSPS) is 14.5. The summed E-state index contributed by atoms with van der Waals surface area (Å²) in [5.74, 6) is 0.155. The molecule has 0 radical (unpaired) electrons.